The molecular formula is C16H26BrFN2. The molecule has 0 aliphatic heterocycles. The van der Waals surface area contributed by atoms with Gasteiger partial charge in [-0.15, -0.1) is 0 Å². The second kappa shape index (κ2) is 8.75. The van der Waals surface area contributed by atoms with Crippen molar-refractivity contribution in [1.82, 2.24) is 4.90 Å². The second-order valence-corrected chi connectivity index (χ2v) is 6.04. The fourth-order valence-electron chi connectivity index (χ4n) is 2.60. The van der Waals surface area contributed by atoms with Crippen molar-refractivity contribution in [1.29, 1.82) is 0 Å². The van der Waals surface area contributed by atoms with Crippen LogP contribution in [0.1, 0.15) is 45.2 Å². The average Bonchev–Trinajstić information content (AvgIpc) is 2.46. The van der Waals surface area contributed by atoms with Crippen LogP contribution < -0.4 is 5.73 Å². The highest BCUT2D eigenvalue weighted by molar-refractivity contribution is 9.10. The zero-order chi connectivity index (χ0) is 15.1. The van der Waals surface area contributed by atoms with Gasteiger partial charge in [-0.05, 0) is 36.2 Å². The zero-order valence-electron chi connectivity index (χ0n) is 12.7. The van der Waals surface area contributed by atoms with Crippen LogP contribution in [0.15, 0.2) is 22.7 Å². The van der Waals surface area contributed by atoms with E-state index in [0.717, 1.165) is 36.0 Å². The Bertz CT molecular complexity index is 407. The Morgan fingerprint density at radius 1 is 1.25 bits per heavy atom. The number of halogens is 2. The van der Waals surface area contributed by atoms with Crippen molar-refractivity contribution in [2.45, 2.75) is 39.7 Å². The first-order valence-electron chi connectivity index (χ1n) is 7.46. The highest BCUT2D eigenvalue weighted by Crippen LogP contribution is 2.29. The van der Waals surface area contributed by atoms with Gasteiger partial charge in [-0.2, -0.15) is 0 Å². The van der Waals surface area contributed by atoms with Crippen LogP contribution in [0.25, 0.3) is 0 Å². The predicted octanol–water partition coefficient (Wildman–Crippen LogP) is 4.35. The van der Waals surface area contributed by atoms with Crippen molar-refractivity contribution in [3.05, 3.63) is 34.1 Å². The first-order valence-corrected chi connectivity index (χ1v) is 8.25. The summed E-state index contributed by atoms with van der Waals surface area (Å²) in [5.41, 5.74) is 6.92. The maximum Gasteiger partial charge on any atom is 0.123 e. The van der Waals surface area contributed by atoms with Crippen LogP contribution in [0.3, 0.4) is 0 Å². The van der Waals surface area contributed by atoms with Crippen LogP contribution in [0.2, 0.25) is 0 Å². The zero-order valence-corrected chi connectivity index (χ0v) is 14.3. The monoisotopic (exact) mass is 344 g/mol. The molecule has 1 unspecified atom stereocenters. The molecule has 2 N–H and O–H groups in total. The molecule has 0 radical (unpaired) electrons. The lowest BCUT2D eigenvalue weighted by Gasteiger charge is -2.33. The summed E-state index contributed by atoms with van der Waals surface area (Å²) in [6.07, 6.45) is 2.32. The van der Waals surface area contributed by atoms with Gasteiger partial charge in [0.05, 0.1) is 0 Å². The Morgan fingerprint density at radius 3 is 2.40 bits per heavy atom. The Balaban J connectivity index is 2.99. The number of rotatable bonds is 8. The summed E-state index contributed by atoms with van der Waals surface area (Å²) in [4.78, 5) is 2.36. The average molecular weight is 345 g/mol. The lowest BCUT2D eigenvalue weighted by atomic mass is 9.99. The normalized spacial score (nSPS) is 13.2. The third kappa shape index (κ3) is 4.54. The fraction of sp³-hybridized carbons (Fsp3) is 0.625. The van der Waals surface area contributed by atoms with E-state index in [2.05, 4.69) is 41.6 Å². The minimum Gasteiger partial charge on any atom is -0.329 e. The summed E-state index contributed by atoms with van der Waals surface area (Å²) >= 11 is 3.52. The van der Waals surface area contributed by atoms with E-state index in [1.807, 2.05) is 0 Å². The molecular weight excluding hydrogens is 319 g/mol. The quantitative estimate of drug-likeness (QED) is 0.759. The van der Waals surface area contributed by atoms with Gasteiger partial charge in [-0.25, -0.2) is 4.39 Å². The number of hydrogen-bond donors (Lipinski definition) is 1. The molecule has 0 fully saturated rings. The van der Waals surface area contributed by atoms with Gasteiger partial charge in [0.15, 0.2) is 0 Å². The van der Waals surface area contributed by atoms with Gasteiger partial charge in [0.1, 0.15) is 5.82 Å². The molecule has 4 heteroatoms. The van der Waals surface area contributed by atoms with E-state index in [1.54, 1.807) is 12.1 Å². The predicted molar refractivity (Wildman–Crippen MR) is 87.2 cm³/mol. The largest absolute Gasteiger partial charge is 0.329 e. The van der Waals surface area contributed by atoms with E-state index in [1.165, 1.54) is 6.07 Å². The van der Waals surface area contributed by atoms with Crippen molar-refractivity contribution >= 4 is 15.9 Å². The van der Waals surface area contributed by atoms with E-state index in [4.69, 9.17) is 5.73 Å². The van der Waals surface area contributed by atoms with Crippen LogP contribution >= 0.6 is 15.9 Å². The Morgan fingerprint density at radius 2 is 1.90 bits per heavy atom. The van der Waals surface area contributed by atoms with E-state index in [-0.39, 0.29) is 11.9 Å². The number of nitrogens with two attached hydrogens (primary N) is 1. The van der Waals surface area contributed by atoms with Crippen molar-refractivity contribution in [3.8, 4) is 0 Å². The molecule has 0 amide bonds. The van der Waals surface area contributed by atoms with Gasteiger partial charge in [0, 0.05) is 23.6 Å². The van der Waals surface area contributed by atoms with Gasteiger partial charge in [0.2, 0.25) is 0 Å². The van der Waals surface area contributed by atoms with Gasteiger partial charge < -0.3 is 5.73 Å². The molecule has 1 rings (SSSR count). The third-order valence-electron chi connectivity index (χ3n) is 4.03. The van der Waals surface area contributed by atoms with E-state index in [9.17, 15) is 4.39 Å². The smallest absolute Gasteiger partial charge is 0.123 e. The maximum absolute atomic E-state index is 13.5. The summed E-state index contributed by atoms with van der Waals surface area (Å²) in [5, 5.41) is 0. The van der Waals surface area contributed by atoms with E-state index < -0.39 is 0 Å². The van der Waals surface area contributed by atoms with E-state index >= 15 is 0 Å². The standard InChI is InChI=1S/C16H26BrFN2/c1-4-12(5-2)11-20(6-3)16(10-19)14-9-13(18)7-8-15(14)17/h7-9,12,16H,4-6,10-11,19H2,1-3H3. The highest BCUT2D eigenvalue weighted by Gasteiger charge is 2.22. The van der Waals surface area contributed by atoms with Gasteiger partial charge >= 0.3 is 0 Å². The van der Waals surface area contributed by atoms with Crippen molar-refractivity contribution in [2.75, 3.05) is 19.6 Å². The molecule has 0 aliphatic rings. The first kappa shape index (κ1) is 17.6. The molecule has 20 heavy (non-hydrogen) atoms. The molecule has 114 valence electrons. The lowest BCUT2D eigenvalue weighted by molar-refractivity contribution is 0.173. The molecule has 0 aliphatic carbocycles. The summed E-state index contributed by atoms with van der Waals surface area (Å²) in [6, 6.07) is 4.89. The number of nitrogens with zero attached hydrogens (tertiary/aromatic N) is 1. The summed E-state index contributed by atoms with van der Waals surface area (Å²) in [5.74, 6) is 0.455. The van der Waals surface area contributed by atoms with Crippen LogP contribution in [-0.2, 0) is 0 Å². The molecule has 1 aromatic rings. The minimum absolute atomic E-state index is 0.0608. The minimum atomic E-state index is -0.208. The van der Waals surface area contributed by atoms with Crippen molar-refractivity contribution < 1.29 is 4.39 Å². The number of benzene rings is 1. The molecule has 1 aromatic carbocycles. The molecule has 0 spiro atoms. The third-order valence-corrected chi connectivity index (χ3v) is 4.76. The maximum atomic E-state index is 13.5. The van der Waals surface area contributed by atoms with Crippen molar-refractivity contribution in [3.63, 3.8) is 0 Å². The Kier molecular flexibility index (Phi) is 7.70. The van der Waals surface area contributed by atoms with Crippen LogP contribution in [0, 0.1) is 11.7 Å². The van der Waals surface area contributed by atoms with Crippen LogP contribution in [-0.4, -0.2) is 24.5 Å². The Labute approximate surface area is 130 Å². The number of likely N-dealkylation sites (N-methyl/N-ethyl adjacent to an activating group) is 1. The topological polar surface area (TPSA) is 29.3 Å². The highest BCUT2D eigenvalue weighted by atomic mass is 79.9. The summed E-state index contributed by atoms with van der Waals surface area (Å²) in [7, 11) is 0. The molecule has 0 bridgehead atoms. The number of hydrogen-bond acceptors (Lipinski definition) is 2. The SMILES string of the molecule is CCC(CC)CN(CC)C(CN)c1cc(F)ccc1Br. The summed E-state index contributed by atoms with van der Waals surface area (Å²) < 4.78 is 14.5. The molecule has 0 heterocycles. The van der Waals surface area contributed by atoms with Gasteiger partial charge in [-0.3, -0.25) is 4.90 Å². The van der Waals surface area contributed by atoms with Crippen LogP contribution in [0.4, 0.5) is 4.39 Å². The molecule has 2 nitrogen and oxygen atoms in total. The van der Waals surface area contributed by atoms with Gasteiger partial charge in [-0.1, -0.05) is 49.5 Å². The van der Waals surface area contributed by atoms with Crippen molar-refractivity contribution in [2.24, 2.45) is 11.7 Å². The van der Waals surface area contributed by atoms with Gasteiger partial charge in [0.25, 0.3) is 0 Å². The molecule has 0 saturated heterocycles. The van der Waals surface area contributed by atoms with E-state index in [0.29, 0.717) is 12.5 Å². The first-order chi connectivity index (χ1) is 9.57. The molecule has 0 aromatic heterocycles. The fourth-order valence-corrected chi connectivity index (χ4v) is 3.11. The second-order valence-electron chi connectivity index (χ2n) is 5.19. The van der Waals surface area contributed by atoms with Crippen LogP contribution in [0.5, 0.6) is 0 Å². The molecule has 0 saturated carbocycles. The lowest BCUT2D eigenvalue weighted by Crippen LogP contribution is -2.37. The summed E-state index contributed by atoms with van der Waals surface area (Å²) in [6.45, 7) is 9.00. The Hall–Kier alpha value is -0.450. The molecule has 1 atom stereocenters.